The molecule has 0 aromatic rings. The van der Waals surface area contributed by atoms with Crippen molar-refractivity contribution >= 4 is 30.1 Å². The van der Waals surface area contributed by atoms with Gasteiger partial charge in [0.1, 0.15) is 12.5 Å². The number of aliphatic hydroxyl groups is 1. The molecule has 0 fully saturated rings. The standard InChI is InChI=1S/C15H24N2O9/c18-8-9(4-6-13(22)23)16-15(26)10(5-7-14(24)25)17-11(19)2-1-3-12(20)21/h8-11,17,19H,1-7H2,(H,16,26)(H,20,21)(H,22,23)(H,24,25)/t9-,10-,11?/m1/s1. The summed E-state index contributed by atoms with van der Waals surface area (Å²) in [5.74, 6) is -4.10. The third-order valence-electron chi connectivity index (χ3n) is 3.39. The summed E-state index contributed by atoms with van der Waals surface area (Å²) in [6.07, 6.45) is -1.90. The number of carboxylic acid groups (broad SMARTS) is 3. The Morgan fingerprint density at radius 3 is 1.88 bits per heavy atom. The van der Waals surface area contributed by atoms with E-state index in [0.29, 0.717) is 6.29 Å². The maximum Gasteiger partial charge on any atom is 0.303 e. The van der Waals surface area contributed by atoms with Gasteiger partial charge in [0, 0.05) is 19.3 Å². The highest BCUT2D eigenvalue weighted by molar-refractivity contribution is 5.85. The summed E-state index contributed by atoms with van der Waals surface area (Å²) in [5, 5.41) is 40.5. The molecule has 0 aliphatic carbocycles. The lowest BCUT2D eigenvalue weighted by molar-refractivity contribution is -0.139. The van der Waals surface area contributed by atoms with Gasteiger partial charge >= 0.3 is 17.9 Å². The molecule has 0 aromatic carbocycles. The number of hydrogen-bond acceptors (Lipinski definition) is 7. The van der Waals surface area contributed by atoms with Crippen LogP contribution in [0.4, 0.5) is 0 Å². The minimum absolute atomic E-state index is 0.0271. The number of aldehydes is 1. The molecular weight excluding hydrogens is 352 g/mol. The van der Waals surface area contributed by atoms with Crippen molar-refractivity contribution in [3.8, 4) is 0 Å². The van der Waals surface area contributed by atoms with Crippen LogP contribution in [0.5, 0.6) is 0 Å². The van der Waals surface area contributed by atoms with E-state index >= 15 is 0 Å². The Hall–Kier alpha value is -2.53. The lowest BCUT2D eigenvalue weighted by Gasteiger charge is -2.23. The SMILES string of the molecule is O=C[C@@H](CCC(=O)O)NC(=O)[C@@H](CCC(=O)O)NC(O)CCCC(=O)O. The van der Waals surface area contributed by atoms with Gasteiger partial charge in [-0.2, -0.15) is 0 Å². The van der Waals surface area contributed by atoms with Crippen LogP contribution in [-0.2, 0) is 24.0 Å². The van der Waals surface area contributed by atoms with Gasteiger partial charge in [-0.05, 0) is 25.7 Å². The summed E-state index contributed by atoms with van der Waals surface area (Å²) in [4.78, 5) is 54.8. The third kappa shape index (κ3) is 11.9. The molecule has 0 aliphatic rings. The molecule has 1 amide bonds. The topological polar surface area (TPSA) is 190 Å². The molecule has 0 rings (SSSR count). The van der Waals surface area contributed by atoms with Crippen molar-refractivity contribution in [2.75, 3.05) is 0 Å². The summed E-state index contributed by atoms with van der Waals surface area (Å²) in [6, 6.07) is -2.20. The van der Waals surface area contributed by atoms with Crippen LogP contribution in [0.3, 0.4) is 0 Å². The van der Waals surface area contributed by atoms with Gasteiger partial charge in [-0.25, -0.2) is 0 Å². The molecule has 11 nitrogen and oxygen atoms in total. The smallest absolute Gasteiger partial charge is 0.303 e. The normalized spacial score (nSPS) is 14.0. The van der Waals surface area contributed by atoms with Crippen molar-refractivity contribution in [2.45, 2.75) is 63.3 Å². The predicted octanol–water partition coefficient (Wildman–Crippen LogP) is -1.07. The molecule has 148 valence electrons. The van der Waals surface area contributed by atoms with E-state index in [9.17, 15) is 29.1 Å². The molecule has 0 heterocycles. The highest BCUT2D eigenvalue weighted by atomic mass is 16.4. The van der Waals surface area contributed by atoms with Gasteiger partial charge in [0.2, 0.25) is 5.91 Å². The van der Waals surface area contributed by atoms with E-state index in [1.54, 1.807) is 0 Å². The number of aliphatic carboxylic acids is 3. The van der Waals surface area contributed by atoms with E-state index in [2.05, 4.69) is 10.6 Å². The van der Waals surface area contributed by atoms with Crippen molar-refractivity contribution in [1.82, 2.24) is 10.6 Å². The van der Waals surface area contributed by atoms with Crippen LogP contribution >= 0.6 is 0 Å². The van der Waals surface area contributed by atoms with Crippen molar-refractivity contribution in [3.63, 3.8) is 0 Å². The van der Waals surface area contributed by atoms with Crippen LogP contribution in [0.2, 0.25) is 0 Å². The number of hydrogen-bond donors (Lipinski definition) is 6. The van der Waals surface area contributed by atoms with Crippen molar-refractivity contribution in [3.05, 3.63) is 0 Å². The second kappa shape index (κ2) is 12.8. The Kier molecular flexibility index (Phi) is 11.5. The average Bonchev–Trinajstić information content (AvgIpc) is 2.54. The molecule has 0 spiro atoms. The Balaban J connectivity index is 4.73. The summed E-state index contributed by atoms with van der Waals surface area (Å²) in [5.41, 5.74) is 0. The monoisotopic (exact) mass is 376 g/mol. The lowest BCUT2D eigenvalue weighted by atomic mass is 10.1. The van der Waals surface area contributed by atoms with Crippen molar-refractivity contribution in [2.24, 2.45) is 0 Å². The van der Waals surface area contributed by atoms with Crippen molar-refractivity contribution in [1.29, 1.82) is 0 Å². The molecule has 1 unspecified atom stereocenters. The zero-order chi connectivity index (χ0) is 20.1. The van der Waals surface area contributed by atoms with Crippen LogP contribution < -0.4 is 10.6 Å². The molecule has 3 atom stereocenters. The Morgan fingerprint density at radius 1 is 0.846 bits per heavy atom. The number of amides is 1. The molecule has 0 saturated carbocycles. The second-order valence-corrected chi connectivity index (χ2v) is 5.64. The van der Waals surface area contributed by atoms with E-state index in [4.69, 9.17) is 15.3 Å². The zero-order valence-electron chi connectivity index (χ0n) is 14.1. The molecule has 6 N–H and O–H groups in total. The first kappa shape index (κ1) is 23.5. The number of rotatable bonds is 15. The van der Waals surface area contributed by atoms with Gasteiger partial charge in [-0.3, -0.25) is 24.5 Å². The number of carboxylic acids is 3. The van der Waals surface area contributed by atoms with Crippen molar-refractivity contribution < 1.29 is 44.4 Å². The quantitative estimate of drug-likeness (QED) is 0.151. The van der Waals surface area contributed by atoms with E-state index in [1.165, 1.54) is 0 Å². The number of carbonyl (C=O) groups is 5. The molecule has 0 saturated heterocycles. The van der Waals surface area contributed by atoms with Crippen LogP contribution in [0.1, 0.15) is 44.9 Å². The second-order valence-electron chi connectivity index (χ2n) is 5.64. The molecule has 0 bridgehead atoms. The molecule has 11 heteroatoms. The molecule has 0 aliphatic heterocycles. The maximum absolute atomic E-state index is 12.2. The van der Waals surface area contributed by atoms with Gasteiger partial charge in [0.15, 0.2) is 0 Å². The summed E-state index contributed by atoms with van der Waals surface area (Å²) < 4.78 is 0. The first-order chi connectivity index (χ1) is 12.1. The van der Waals surface area contributed by atoms with Crippen LogP contribution in [0.25, 0.3) is 0 Å². The summed E-state index contributed by atoms with van der Waals surface area (Å²) >= 11 is 0. The number of aliphatic hydroxyl groups excluding tert-OH is 1. The lowest BCUT2D eigenvalue weighted by Crippen LogP contribution is -2.51. The molecule has 0 aromatic heterocycles. The molecule has 0 radical (unpaired) electrons. The fourth-order valence-electron chi connectivity index (χ4n) is 2.06. The molecule has 26 heavy (non-hydrogen) atoms. The Labute approximate surface area is 149 Å². The van der Waals surface area contributed by atoms with Crippen LogP contribution in [0.15, 0.2) is 0 Å². The van der Waals surface area contributed by atoms with E-state index < -0.39 is 42.1 Å². The average molecular weight is 376 g/mol. The largest absolute Gasteiger partial charge is 0.481 e. The third-order valence-corrected chi connectivity index (χ3v) is 3.39. The summed E-state index contributed by atoms with van der Waals surface area (Å²) in [6.45, 7) is 0. The van der Waals surface area contributed by atoms with E-state index in [1.807, 2.05) is 0 Å². The van der Waals surface area contributed by atoms with Gasteiger partial charge in [-0.15, -0.1) is 0 Å². The minimum atomic E-state index is -1.24. The van der Waals surface area contributed by atoms with E-state index in [0.717, 1.165) is 0 Å². The predicted molar refractivity (Wildman–Crippen MR) is 86.2 cm³/mol. The fourth-order valence-corrected chi connectivity index (χ4v) is 2.06. The van der Waals surface area contributed by atoms with Gasteiger partial charge in [0.25, 0.3) is 0 Å². The van der Waals surface area contributed by atoms with Gasteiger partial charge in [-0.1, -0.05) is 0 Å². The highest BCUT2D eigenvalue weighted by Gasteiger charge is 2.24. The number of carbonyl (C=O) groups excluding carboxylic acids is 2. The minimum Gasteiger partial charge on any atom is -0.481 e. The zero-order valence-corrected chi connectivity index (χ0v) is 14.1. The Bertz CT molecular complexity index is 509. The molecular formula is C15H24N2O9. The van der Waals surface area contributed by atoms with E-state index in [-0.39, 0.29) is 44.9 Å². The van der Waals surface area contributed by atoms with Crippen LogP contribution in [-0.4, -0.2) is 68.8 Å². The fraction of sp³-hybridized carbons (Fsp3) is 0.667. The summed E-state index contributed by atoms with van der Waals surface area (Å²) in [7, 11) is 0. The van der Waals surface area contributed by atoms with Gasteiger partial charge < -0.3 is 30.5 Å². The van der Waals surface area contributed by atoms with Gasteiger partial charge in [0.05, 0.1) is 12.1 Å². The first-order valence-electron chi connectivity index (χ1n) is 8.00. The first-order valence-corrected chi connectivity index (χ1v) is 8.00. The maximum atomic E-state index is 12.2. The highest BCUT2D eigenvalue weighted by Crippen LogP contribution is 2.05. The Morgan fingerprint density at radius 2 is 1.38 bits per heavy atom. The van der Waals surface area contributed by atoms with Crippen LogP contribution in [0, 0.1) is 0 Å². The number of nitrogens with one attached hydrogen (secondary N) is 2.